The molecule has 0 atom stereocenters. The van der Waals surface area contributed by atoms with Crippen LogP contribution in [0.4, 0.5) is 4.79 Å². The normalized spacial score (nSPS) is 10.1. The van der Waals surface area contributed by atoms with Gasteiger partial charge in [0.15, 0.2) is 0 Å². The SMILES string of the molecule is O=C(O)OC(=O)c1cccc2[nH]c(=O)ccc12. The maximum atomic E-state index is 11.5. The molecule has 1 aromatic heterocycles. The molecule has 2 aromatic rings. The van der Waals surface area contributed by atoms with E-state index >= 15 is 0 Å². The van der Waals surface area contributed by atoms with E-state index in [2.05, 4.69) is 9.72 Å². The van der Waals surface area contributed by atoms with E-state index in [0.717, 1.165) is 0 Å². The number of carbonyl (C=O) groups is 2. The minimum Gasteiger partial charge on any atom is -0.449 e. The molecule has 0 saturated heterocycles. The van der Waals surface area contributed by atoms with E-state index in [9.17, 15) is 14.4 Å². The topological polar surface area (TPSA) is 96.5 Å². The van der Waals surface area contributed by atoms with Crippen molar-refractivity contribution in [2.24, 2.45) is 0 Å². The number of fused-ring (bicyclic) bond motifs is 1. The van der Waals surface area contributed by atoms with Crippen LogP contribution in [0, 0.1) is 0 Å². The lowest BCUT2D eigenvalue weighted by atomic mass is 10.1. The van der Waals surface area contributed by atoms with E-state index in [1.807, 2.05) is 0 Å². The average molecular weight is 233 g/mol. The molecule has 2 N–H and O–H groups in total. The van der Waals surface area contributed by atoms with Gasteiger partial charge in [0, 0.05) is 17.0 Å². The van der Waals surface area contributed by atoms with Crippen molar-refractivity contribution in [3.8, 4) is 0 Å². The van der Waals surface area contributed by atoms with Crippen LogP contribution >= 0.6 is 0 Å². The Morgan fingerprint density at radius 2 is 1.94 bits per heavy atom. The third-order valence-corrected chi connectivity index (χ3v) is 2.17. The standard InChI is InChI=1S/C11H7NO5/c13-9-5-4-6-7(10(14)17-11(15)16)2-1-3-8(6)12-9/h1-5H,(H,12,13)(H,15,16). The van der Waals surface area contributed by atoms with Crippen LogP contribution in [0.25, 0.3) is 10.9 Å². The average Bonchev–Trinajstić information content (AvgIpc) is 2.26. The summed E-state index contributed by atoms with van der Waals surface area (Å²) in [7, 11) is 0. The van der Waals surface area contributed by atoms with Gasteiger partial charge in [0.2, 0.25) is 5.56 Å². The fourth-order valence-electron chi connectivity index (χ4n) is 1.50. The minimum absolute atomic E-state index is 0.0844. The second-order valence-electron chi connectivity index (χ2n) is 3.24. The monoisotopic (exact) mass is 233 g/mol. The van der Waals surface area contributed by atoms with E-state index in [-0.39, 0.29) is 11.1 Å². The van der Waals surface area contributed by atoms with E-state index < -0.39 is 12.1 Å². The predicted molar refractivity (Wildman–Crippen MR) is 58.0 cm³/mol. The lowest BCUT2D eigenvalue weighted by Crippen LogP contribution is -2.11. The number of esters is 1. The lowest BCUT2D eigenvalue weighted by molar-refractivity contribution is 0.0511. The molecule has 0 bridgehead atoms. The highest BCUT2D eigenvalue weighted by atomic mass is 16.7. The van der Waals surface area contributed by atoms with Gasteiger partial charge < -0.3 is 14.8 Å². The summed E-state index contributed by atoms with van der Waals surface area (Å²) in [6.45, 7) is 0. The van der Waals surface area contributed by atoms with Gasteiger partial charge in [0.1, 0.15) is 0 Å². The van der Waals surface area contributed by atoms with Crippen LogP contribution in [0.3, 0.4) is 0 Å². The van der Waals surface area contributed by atoms with E-state index in [0.29, 0.717) is 10.9 Å². The Morgan fingerprint density at radius 3 is 2.65 bits per heavy atom. The van der Waals surface area contributed by atoms with Crippen molar-refractivity contribution >= 4 is 23.0 Å². The molecule has 6 heteroatoms. The van der Waals surface area contributed by atoms with Crippen LogP contribution in [0.15, 0.2) is 35.1 Å². The highest BCUT2D eigenvalue weighted by Gasteiger charge is 2.14. The Labute approximate surface area is 94.5 Å². The zero-order valence-corrected chi connectivity index (χ0v) is 8.47. The van der Waals surface area contributed by atoms with Crippen molar-refractivity contribution in [2.75, 3.05) is 0 Å². The van der Waals surface area contributed by atoms with Gasteiger partial charge in [-0.2, -0.15) is 0 Å². The smallest absolute Gasteiger partial charge is 0.449 e. The van der Waals surface area contributed by atoms with Gasteiger partial charge in [-0.3, -0.25) is 4.79 Å². The molecule has 0 aliphatic carbocycles. The number of rotatable bonds is 1. The number of pyridine rings is 1. The maximum Gasteiger partial charge on any atom is 0.513 e. The van der Waals surface area contributed by atoms with E-state index in [4.69, 9.17) is 5.11 Å². The lowest BCUT2D eigenvalue weighted by Gasteiger charge is -2.03. The molecule has 17 heavy (non-hydrogen) atoms. The first-order valence-electron chi connectivity index (χ1n) is 4.65. The molecule has 0 fully saturated rings. The molecule has 0 unspecified atom stereocenters. The first-order valence-corrected chi connectivity index (χ1v) is 4.65. The van der Waals surface area contributed by atoms with Gasteiger partial charge in [-0.15, -0.1) is 0 Å². The second-order valence-corrected chi connectivity index (χ2v) is 3.24. The van der Waals surface area contributed by atoms with Crippen LogP contribution in [-0.4, -0.2) is 22.2 Å². The Kier molecular flexibility index (Phi) is 2.61. The number of nitrogens with one attached hydrogen (secondary N) is 1. The third kappa shape index (κ3) is 2.15. The number of hydrogen-bond acceptors (Lipinski definition) is 4. The molecule has 2 rings (SSSR count). The predicted octanol–water partition coefficient (Wildman–Crippen LogP) is 1.36. The Hall–Kier alpha value is -2.63. The number of ether oxygens (including phenoxy) is 1. The zero-order valence-electron chi connectivity index (χ0n) is 8.47. The largest absolute Gasteiger partial charge is 0.513 e. The molecule has 0 radical (unpaired) electrons. The number of H-pyrrole nitrogens is 1. The molecule has 6 nitrogen and oxygen atoms in total. The van der Waals surface area contributed by atoms with Crippen LogP contribution in [0.5, 0.6) is 0 Å². The summed E-state index contributed by atoms with van der Waals surface area (Å²) in [5.74, 6) is -0.977. The summed E-state index contributed by atoms with van der Waals surface area (Å²) in [6, 6.07) is 7.24. The molecule has 0 aliphatic heterocycles. The number of benzene rings is 1. The fourth-order valence-corrected chi connectivity index (χ4v) is 1.50. The van der Waals surface area contributed by atoms with Gasteiger partial charge >= 0.3 is 12.1 Å². The molecule has 0 saturated carbocycles. The highest BCUT2D eigenvalue weighted by Crippen LogP contribution is 2.16. The zero-order chi connectivity index (χ0) is 12.4. The fraction of sp³-hybridized carbons (Fsp3) is 0. The van der Waals surface area contributed by atoms with Crippen molar-refractivity contribution in [3.05, 3.63) is 46.2 Å². The van der Waals surface area contributed by atoms with Gasteiger partial charge in [0.25, 0.3) is 0 Å². The third-order valence-electron chi connectivity index (χ3n) is 2.17. The van der Waals surface area contributed by atoms with Gasteiger partial charge in [-0.05, 0) is 18.2 Å². The van der Waals surface area contributed by atoms with Crippen LogP contribution in [-0.2, 0) is 4.74 Å². The Balaban J connectivity index is 2.58. The molecule has 1 aromatic carbocycles. The van der Waals surface area contributed by atoms with Crippen molar-refractivity contribution in [3.63, 3.8) is 0 Å². The van der Waals surface area contributed by atoms with Crippen molar-refractivity contribution in [2.45, 2.75) is 0 Å². The van der Waals surface area contributed by atoms with Crippen molar-refractivity contribution < 1.29 is 19.4 Å². The Morgan fingerprint density at radius 1 is 1.18 bits per heavy atom. The van der Waals surface area contributed by atoms with Crippen molar-refractivity contribution in [1.29, 1.82) is 0 Å². The Bertz CT molecular complexity index is 658. The highest BCUT2D eigenvalue weighted by molar-refractivity contribution is 6.05. The van der Waals surface area contributed by atoms with E-state index in [1.54, 1.807) is 6.07 Å². The molecule has 0 spiro atoms. The summed E-state index contributed by atoms with van der Waals surface area (Å²) in [5, 5.41) is 8.79. The molecule has 0 amide bonds. The van der Waals surface area contributed by atoms with Gasteiger partial charge in [-0.25, -0.2) is 9.59 Å². The summed E-state index contributed by atoms with van der Waals surface area (Å²) < 4.78 is 4.06. The molecule has 86 valence electrons. The number of aromatic amines is 1. The molecular formula is C11H7NO5. The summed E-state index contributed by atoms with van der Waals surface area (Å²) in [6.07, 6.45) is -1.67. The van der Waals surface area contributed by atoms with Crippen LogP contribution in [0.1, 0.15) is 10.4 Å². The summed E-state index contributed by atoms with van der Waals surface area (Å²) in [5.41, 5.74) is 0.222. The molecule has 0 aliphatic rings. The molecular weight excluding hydrogens is 226 g/mol. The van der Waals surface area contributed by atoms with E-state index in [1.165, 1.54) is 24.3 Å². The van der Waals surface area contributed by atoms with Crippen LogP contribution in [0.2, 0.25) is 0 Å². The number of carbonyl (C=O) groups excluding carboxylic acids is 1. The quantitative estimate of drug-likeness (QED) is 0.572. The number of carboxylic acid groups (broad SMARTS) is 1. The minimum atomic E-state index is -1.67. The summed E-state index contributed by atoms with van der Waals surface area (Å²) >= 11 is 0. The number of aromatic nitrogens is 1. The number of hydrogen-bond donors (Lipinski definition) is 2. The second kappa shape index (κ2) is 4.09. The first-order chi connectivity index (χ1) is 8.08. The van der Waals surface area contributed by atoms with Gasteiger partial charge in [-0.1, -0.05) is 6.07 Å². The van der Waals surface area contributed by atoms with Crippen molar-refractivity contribution in [1.82, 2.24) is 4.98 Å². The summed E-state index contributed by atoms with van der Waals surface area (Å²) in [4.78, 5) is 35.3. The molecule has 1 heterocycles. The van der Waals surface area contributed by atoms with Crippen LogP contribution < -0.4 is 5.56 Å². The first kappa shape index (κ1) is 10.9. The van der Waals surface area contributed by atoms with Gasteiger partial charge in [0.05, 0.1) is 5.56 Å². The maximum absolute atomic E-state index is 11.5.